The van der Waals surface area contributed by atoms with Crippen LogP contribution in [-0.2, 0) is 37.7 Å². The Kier molecular flexibility index (Phi) is 8.46. The summed E-state index contributed by atoms with van der Waals surface area (Å²) in [7, 11) is -7.30. The zero-order valence-corrected chi connectivity index (χ0v) is 23.6. The van der Waals surface area contributed by atoms with E-state index >= 15 is 0 Å². The number of benzene rings is 3. The largest absolute Gasteiger partial charge is 0.326 e. The molecule has 0 saturated carbocycles. The van der Waals surface area contributed by atoms with E-state index in [1.54, 1.807) is 62.4 Å². The fraction of sp³-hybridized carbons (Fsp3) is 0.296. The van der Waals surface area contributed by atoms with Gasteiger partial charge in [-0.05, 0) is 72.5 Å². The van der Waals surface area contributed by atoms with Crippen LogP contribution in [-0.4, -0.2) is 46.7 Å². The van der Waals surface area contributed by atoms with Crippen molar-refractivity contribution in [3.05, 3.63) is 82.9 Å². The fourth-order valence-electron chi connectivity index (χ4n) is 4.43. The summed E-state index contributed by atoms with van der Waals surface area (Å²) in [6, 6.07) is 17.9. The molecule has 0 unspecified atom stereocenters. The maximum atomic E-state index is 13.2. The molecule has 0 fully saturated rings. The zero-order chi connectivity index (χ0) is 27.5. The van der Waals surface area contributed by atoms with Crippen LogP contribution in [0.5, 0.6) is 0 Å². The van der Waals surface area contributed by atoms with E-state index in [9.17, 15) is 21.6 Å². The van der Waals surface area contributed by atoms with E-state index in [0.717, 1.165) is 11.1 Å². The van der Waals surface area contributed by atoms with Crippen molar-refractivity contribution in [2.45, 2.75) is 42.9 Å². The van der Waals surface area contributed by atoms with Gasteiger partial charge in [0.1, 0.15) is 0 Å². The summed E-state index contributed by atoms with van der Waals surface area (Å²) < 4.78 is 54.5. The van der Waals surface area contributed by atoms with E-state index in [4.69, 9.17) is 11.6 Å². The first-order valence-electron chi connectivity index (χ1n) is 12.4. The van der Waals surface area contributed by atoms with Crippen LogP contribution in [0.1, 0.15) is 31.4 Å². The molecule has 3 aromatic rings. The van der Waals surface area contributed by atoms with Crippen molar-refractivity contribution in [3.8, 4) is 0 Å². The van der Waals surface area contributed by atoms with Gasteiger partial charge in [-0.2, -0.15) is 4.31 Å². The maximum absolute atomic E-state index is 13.2. The molecule has 202 valence electrons. The number of hydrogen-bond acceptors (Lipinski definition) is 5. The van der Waals surface area contributed by atoms with Gasteiger partial charge in [0.15, 0.2) is 0 Å². The number of aryl methyl sites for hydroxylation is 1. The highest BCUT2D eigenvalue weighted by Gasteiger charge is 2.31. The number of carbonyl (C=O) groups is 1. The molecule has 0 saturated heterocycles. The number of halogens is 1. The summed E-state index contributed by atoms with van der Waals surface area (Å²) in [4.78, 5) is 13.0. The smallest absolute Gasteiger partial charge is 0.264 e. The monoisotopic (exact) mass is 575 g/mol. The number of rotatable bonds is 10. The standard InChI is InChI=1S/C27H30ClN3O5S2/c1-3-30(4-2)37(33,34)24-12-5-20(6-13-24)7-16-27(32)29-23-11-8-21-17-18-31(26(21)19-23)38(35,36)25-14-9-22(28)10-15-25/h5-6,8-15,19H,3-4,7,16-18H2,1-2H3,(H,29,32). The number of carbonyl (C=O) groups excluding carboxylic acids is 1. The molecule has 1 aliphatic heterocycles. The predicted octanol–water partition coefficient (Wildman–Crippen LogP) is 4.69. The van der Waals surface area contributed by atoms with Crippen molar-refractivity contribution in [2.24, 2.45) is 0 Å². The lowest BCUT2D eigenvalue weighted by atomic mass is 10.1. The van der Waals surface area contributed by atoms with Gasteiger partial charge in [0.2, 0.25) is 15.9 Å². The Bertz CT molecular complexity index is 1520. The molecule has 1 amide bonds. The second kappa shape index (κ2) is 11.4. The highest BCUT2D eigenvalue weighted by Crippen LogP contribution is 2.35. The molecule has 0 aromatic heterocycles. The van der Waals surface area contributed by atoms with Gasteiger partial charge in [0.05, 0.1) is 15.5 Å². The van der Waals surface area contributed by atoms with Gasteiger partial charge < -0.3 is 5.32 Å². The van der Waals surface area contributed by atoms with Gasteiger partial charge in [-0.1, -0.05) is 43.6 Å². The summed E-state index contributed by atoms with van der Waals surface area (Å²) in [6.07, 6.45) is 1.20. The molecule has 4 rings (SSSR count). The quantitative estimate of drug-likeness (QED) is 0.377. The van der Waals surface area contributed by atoms with Crippen molar-refractivity contribution >= 4 is 48.9 Å². The Morgan fingerprint density at radius 2 is 1.55 bits per heavy atom. The predicted molar refractivity (Wildman–Crippen MR) is 150 cm³/mol. The van der Waals surface area contributed by atoms with E-state index in [1.165, 1.54) is 20.7 Å². The molecule has 0 atom stereocenters. The first kappa shape index (κ1) is 28.1. The van der Waals surface area contributed by atoms with Crippen molar-refractivity contribution in [1.29, 1.82) is 0 Å². The van der Waals surface area contributed by atoms with Gasteiger partial charge in [-0.3, -0.25) is 9.10 Å². The van der Waals surface area contributed by atoms with Crippen LogP contribution in [0.15, 0.2) is 76.5 Å². The van der Waals surface area contributed by atoms with Gasteiger partial charge in [0.25, 0.3) is 10.0 Å². The molecular formula is C27H30ClN3O5S2. The van der Waals surface area contributed by atoms with Crippen LogP contribution >= 0.6 is 11.6 Å². The highest BCUT2D eigenvalue weighted by molar-refractivity contribution is 7.92. The van der Waals surface area contributed by atoms with Gasteiger partial charge in [-0.15, -0.1) is 0 Å². The third-order valence-corrected chi connectivity index (χ3v) is 10.7. The minimum Gasteiger partial charge on any atom is -0.326 e. The fourth-order valence-corrected chi connectivity index (χ4v) is 7.51. The maximum Gasteiger partial charge on any atom is 0.264 e. The van der Waals surface area contributed by atoms with Crippen molar-refractivity contribution in [1.82, 2.24) is 4.31 Å². The van der Waals surface area contributed by atoms with E-state index in [0.29, 0.717) is 48.9 Å². The van der Waals surface area contributed by atoms with Crippen molar-refractivity contribution < 1.29 is 21.6 Å². The summed E-state index contributed by atoms with van der Waals surface area (Å²) >= 11 is 5.91. The van der Waals surface area contributed by atoms with Crippen LogP contribution in [0.4, 0.5) is 11.4 Å². The number of nitrogens with one attached hydrogen (secondary N) is 1. The second-order valence-corrected chi connectivity index (χ2v) is 13.1. The molecule has 1 heterocycles. The van der Waals surface area contributed by atoms with Gasteiger partial charge in [-0.25, -0.2) is 16.8 Å². The number of anilines is 2. The summed E-state index contributed by atoms with van der Waals surface area (Å²) in [6.45, 7) is 4.70. The number of amides is 1. The number of hydrogen-bond donors (Lipinski definition) is 1. The molecule has 1 aliphatic rings. The molecule has 8 nitrogen and oxygen atoms in total. The van der Waals surface area contributed by atoms with Gasteiger partial charge >= 0.3 is 0 Å². The molecular weight excluding hydrogens is 546 g/mol. The van der Waals surface area contributed by atoms with Crippen LogP contribution < -0.4 is 9.62 Å². The molecule has 0 radical (unpaired) electrons. The number of sulfonamides is 2. The van der Waals surface area contributed by atoms with Crippen LogP contribution in [0.25, 0.3) is 0 Å². The molecule has 0 bridgehead atoms. The Balaban J connectivity index is 1.41. The topological polar surface area (TPSA) is 104 Å². The minimum atomic E-state index is -3.77. The van der Waals surface area contributed by atoms with Crippen LogP contribution in [0.2, 0.25) is 5.02 Å². The lowest BCUT2D eigenvalue weighted by Crippen LogP contribution is -2.30. The average molecular weight is 576 g/mol. The first-order valence-corrected chi connectivity index (χ1v) is 15.6. The minimum absolute atomic E-state index is 0.153. The average Bonchev–Trinajstić information content (AvgIpc) is 3.33. The third-order valence-electron chi connectivity index (χ3n) is 6.53. The Morgan fingerprint density at radius 3 is 2.18 bits per heavy atom. The molecule has 0 aliphatic carbocycles. The van der Waals surface area contributed by atoms with Gasteiger partial charge in [0, 0.05) is 36.8 Å². The normalized spacial score (nSPS) is 13.5. The van der Waals surface area contributed by atoms with Crippen LogP contribution in [0.3, 0.4) is 0 Å². The van der Waals surface area contributed by atoms with Crippen molar-refractivity contribution in [3.63, 3.8) is 0 Å². The molecule has 38 heavy (non-hydrogen) atoms. The Hall–Kier alpha value is -2.92. The van der Waals surface area contributed by atoms with E-state index in [1.807, 2.05) is 6.07 Å². The SMILES string of the molecule is CCN(CC)S(=O)(=O)c1ccc(CCC(=O)Nc2ccc3c(c2)N(S(=O)(=O)c2ccc(Cl)cc2)CC3)cc1. The second-order valence-electron chi connectivity index (χ2n) is 8.91. The highest BCUT2D eigenvalue weighted by atomic mass is 35.5. The number of fused-ring (bicyclic) bond motifs is 1. The molecule has 0 spiro atoms. The Morgan fingerprint density at radius 1 is 0.921 bits per heavy atom. The van der Waals surface area contributed by atoms with Crippen LogP contribution in [0, 0.1) is 0 Å². The van der Waals surface area contributed by atoms with E-state index in [2.05, 4.69) is 5.32 Å². The summed E-state index contributed by atoms with van der Waals surface area (Å²) in [5, 5.41) is 3.30. The zero-order valence-electron chi connectivity index (χ0n) is 21.2. The lowest BCUT2D eigenvalue weighted by molar-refractivity contribution is -0.116. The van der Waals surface area contributed by atoms with E-state index in [-0.39, 0.29) is 22.1 Å². The molecule has 3 aromatic carbocycles. The Labute approximate surface area is 229 Å². The molecule has 1 N–H and O–H groups in total. The third kappa shape index (κ3) is 5.88. The summed E-state index contributed by atoms with van der Waals surface area (Å²) in [5.41, 5.74) is 2.78. The molecule has 11 heteroatoms. The number of nitrogens with zero attached hydrogens (tertiary/aromatic N) is 2. The lowest BCUT2D eigenvalue weighted by Gasteiger charge is -2.20. The van der Waals surface area contributed by atoms with Crippen molar-refractivity contribution in [2.75, 3.05) is 29.3 Å². The summed E-state index contributed by atoms with van der Waals surface area (Å²) in [5.74, 6) is -0.227. The first-order chi connectivity index (χ1) is 18.1. The van der Waals surface area contributed by atoms with E-state index < -0.39 is 20.0 Å².